The minimum atomic E-state index is -4.92. The molecular formula is C21H20F3N3O3. The molecule has 0 bridgehead atoms. The lowest BCUT2D eigenvalue weighted by molar-refractivity contribution is -0.384. The van der Waals surface area contributed by atoms with Crippen molar-refractivity contribution in [3.63, 3.8) is 0 Å². The first kappa shape index (κ1) is 20.2. The number of hydrogen-bond acceptors (Lipinski definition) is 4. The molecule has 2 aromatic rings. The third-order valence-corrected chi connectivity index (χ3v) is 6.01. The van der Waals surface area contributed by atoms with Crippen LogP contribution in [0.2, 0.25) is 0 Å². The van der Waals surface area contributed by atoms with Gasteiger partial charge in [0.05, 0.1) is 11.0 Å². The van der Waals surface area contributed by atoms with Crippen molar-refractivity contribution in [2.75, 3.05) is 11.4 Å². The minimum absolute atomic E-state index is 0.00357. The molecule has 1 N–H and O–H groups in total. The highest BCUT2D eigenvalue weighted by Gasteiger charge is 2.42. The number of carbonyl (C=O) groups is 1. The Bertz CT molecular complexity index is 1010. The molecule has 3 atom stereocenters. The van der Waals surface area contributed by atoms with Gasteiger partial charge in [0.25, 0.3) is 5.69 Å². The van der Waals surface area contributed by atoms with Crippen molar-refractivity contribution >= 4 is 17.3 Å². The molecule has 30 heavy (non-hydrogen) atoms. The number of anilines is 1. The zero-order valence-electron chi connectivity index (χ0n) is 16.1. The Labute approximate surface area is 170 Å². The van der Waals surface area contributed by atoms with Crippen LogP contribution in [0.3, 0.4) is 0 Å². The van der Waals surface area contributed by atoms with Crippen LogP contribution in [-0.4, -0.2) is 29.6 Å². The first-order valence-corrected chi connectivity index (χ1v) is 9.68. The lowest BCUT2D eigenvalue weighted by Crippen LogP contribution is -2.49. The number of nitrogens with one attached hydrogen (secondary N) is 1. The van der Waals surface area contributed by atoms with Crippen molar-refractivity contribution in [2.45, 2.75) is 43.9 Å². The number of non-ortho nitro benzene ring substituents is 1. The van der Waals surface area contributed by atoms with Crippen molar-refractivity contribution < 1.29 is 22.9 Å². The standard InChI is InChI=1S/C21H20F3N3O3/c1-12-15-4-2-3-5-16(15)19-10-13(25-20(28)21(22,23)24)8-9-26(19)18-7-6-14(27(29)30)11-17(12)18/h2-7,11-13,19H,8-10H2,1H3,(H,25,28)/t12-,13-,19-/m1/s1. The van der Waals surface area contributed by atoms with Gasteiger partial charge >= 0.3 is 12.1 Å². The molecule has 2 aromatic carbocycles. The third kappa shape index (κ3) is 3.48. The monoisotopic (exact) mass is 419 g/mol. The summed E-state index contributed by atoms with van der Waals surface area (Å²) in [6.07, 6.45) is -4.24. The first-order valence-electron chi connectivity index (χ1n) is 9.68. The van der Waals surface area contributed by atoms with Gasteiger partial charge < -0.3 is 10.2 Å². The van der Waals surface area contributed by atoms with E-state index in [9.17, 15) is 28.1 Å². The first-order chi connectivity index (χ1) is 14.2. The van der Waals surface area contributed by atoms with Crippen LogP contribution in [0.4, 0.5) is 24.5 Å². The predicted molar refractivity (Wildman–Crippen MR) is 104 cm³/mol. The maximum atomic E-state index is 12.7. The maximum absolute atomic E-state index is 12.7. The summed E-state index contributed by atoms with van der Waals surface area (Å²) in [5.41, 5.74) is 3.61. The van der Waals surface area contributed by atoms with E-state index < -0.39 is 23.0 Å². The van der Waals surface area contributed by atoms with Gasteiger partial charge in [-0.25, -0.2) is 0 Å². The Balaban J connectivity index is 1.75. The van der Waals surface area contributed by atoms with Crippen LogP contribution in [0.5, 0.6) is 0 Å². The number of amides is 1. The number of halogens is 3. The van der Waals surface area contributed by atoms with Crippen molar-refractivity contribution in [1.82, 2.24) is 5.32 Å². The molecule has 0 aromatic heterocycles. The highest BCUT2D eigenvalue weighted by molar-refractivity contribution is 5.82. The van der Waals surface area contributed by atoms with Gasteiger partial charge in [-0.1, -0.05) is 31.2 Å². The van der Waals surface area contributed by atoms with E-state index in [0.717, 1.165) is 22.4 Å². The molecule has 4 rings (SSSR count). The molecule has 2 aliphatic heterocycles. The molecule has 0 aliphatic carbocycles. The second-order valence-corrected chi connectivity index (χ2v) is 7.75. The zero-order chi connectivity index (χ0) is 21.6. The quantitative estimate of drug-likeness (QED) is 0.577. The average molecular weight is 419 g/mol. The van der Waals surface area contributed by atoms with Gasteiger partial charge in [0.1, 0.15) is 0 Å². The SMILES string of the molecule is C[C@@H]1c2ccccc2[C@H]2C[C@H](NC(=O)C(F)(F)F)CCN2c2ccc([N+](=O)[O-])cc21. The van der Waals surface area contributed by atoms with Crippen molar-refractivity contribution in [3.8, 4) is 0 Å². The number of piperidine rings is 1. The van der Waals surface area contributed by atoms with Gasteiger partial charge in [-0.15, -0.1) is 0 Å². The fourth-order valence-corrected chi connectivity index (χ4v) is 4.59. The van der Waals surface area contributed by atoms with Crippen molar-refractivity contribution in [2.24, 2.45) is 0 Å². The normalized spacial score (nSPS) is 22.9. The van der Waals surface area contributed by atoms with Crippen LogP contribution in [0.25, 0.3) is 0 Å². The number of carbonyl (C=O) groups excluding carboxylic acids is 1. The van der Waals surface area contributed by atoms with Gasteiger partial charge in [-0.05, 0) is 35.6 Å². The fraction of sp³-hybridized carbons (Fsp3) is 0.381. The number of fused-ring (bicyclic) bond motifs is 5. The summed E-state index contributed by atoms with van der Waals surface area (Å²) in [5.74, 6) is -2.04. The summed E-state index contributed by atoms with van der Waals surface area (Å²) in [5, 5.41) is 13.4. The summed E-state index contributed by atoms with van der Waals surface area (Å²) in [7, 11) is 0. The number of alkyl halides is 3. The summed E-state index contributed by atoms with van der Waals surface area (Å²) >= 11 is 0. The van der Waals surface area contributed by atoms with E-state index in [0.29, 0.717) is 19.4 Å². The van der Waals surface area contributed by atoms with Crippen LogP contribution >= 0.6 is 0 Å². The van der Waals surface area contributed by atoms with E-state index >= 15 is 0 Å². The number of benzene rings is 2. The maximum Gasteiger partial charge on any atom is 0.471 e. The second kappa shape index (κ2) is 7.30. The van der Waals surface area contributed by atoms with Crippen molar-refractivity contribution in [1.29, 1.82) is 0 Å². The Hall–Kier alpha value is -3.10. The van der Waals surface area contributed by atoms with Crippen LogP contribution in [-0.2, 0) is 4.79 Å². The Morgan fingerprint density at radius 2 is 1.87 bits per heavy atom. The largest absolute Gasteiger partial charge is 0.471 e. The van der Waals surface area contributed by atoms with Crippen LogP contribution in [0.1, 0.15) is 48.4 Å². The van der Waals surface area contributed by atoms with Gasteiger partial charge in [0.15, 0.2) is 0 Å². The number of nitro groups is 1. The highest BCUT2D eigenvalue weighted by Crippen LogP contribution is 2.47. The average Bonchev–Trinajstić information content (AvgIpc) is 2.81. The topological polar surface area (TPSA) is 75.5 Å². The molecule has 9 heteroatoms. The van der Waals surface area contributed by atoms with E-state index in [4.69, 9.17) is 0 Å². The van der Waals surface area contributed by atoms with E-state index in [2.05, 4.69) is 10.2 Å². The number of nitrogens with zero attached hydrogens (tertiary/aromatic N) is 2. The molecular weight excluding hydrogens is 399 g/mol. The van der Waals surface area contributed by atoms with E-state index in [-0.39, 0.29) is 17.6 Å². The predicted octanol–water partition coefficient (Wildman–Crippen LogP) is 4.45. The molecule has 2 aliphatic rings. The summed E-state index contributed by atoms with van der Waals surface area (Å²) in [6.45, 7) is 2.40. The number of rotatable bonds is 2. The Morgan fingerprint density at radius 3 is 2.53 bits per heavy atom. The van der Waals surface area contributed by atoms with Crippen LogP contribution < -0.4 is 10.2 Å². The highest BCUT2D eigenvalue weighted by atomic mass is 19.4. The lowest BCUT2D eigenvalue weighted by Gasteiger charge is -2.41. The Morgan fingerprint density at radius 1 is 1.17 bits per heavy atom. The Kier molecular flexibility index (Phi) is 4.91. The van der Waals surface area contributed by atoms with E-state index in [1.165, 1.54) is 6.07 Å². The number of nitro benzene ring substituents is 1. The third-order valence-electron chi connectivity index (χ3n) is 6.01. The fourth-order valence-electron chi connectivity index (χ4n) is 4.59. The molecule has 0 unspecified atom stereocenters. The smallest absolute Gasteiger partial charge is 0.364 e. The number of hydrogen-bond donors (Lipinski definition) is 1. The molecule has 6 nitrogen and oxygen atoms in total. The van der Waals surface area contributed by atoms with E-state index in [1.54, 1.807) is 12.1 Å². The van der Waals surface area contributed by atoms with Crippen molar-refractivity contribution in [3.05, 3.63) is 69.3 Å². The lowest BCUT2D eigenvalue weighted by atomic mass is 9.86. The molecule has 0 saturated carbocycles. The zero-order valence-corrected chi connectivity index (χ0v) is 16.1. The van der Waals surface area contributed by atoms with Crippen LogP contribution in [0.15, 0.2) is 42.5 Å². The summed E-state index contributed by atoms with van der Waals surface area (Å²) < 4.78 is 38.1. The minimum Gasteiger partial charge on any atom is -0.364 e. The molecule has 1 fully saturated rings. The molecule has 1 saturated heterocycles. The second-order valence-electron chi connectivity index (χ2n) is 7.75. The molecule has 1 amide bonds. The van der Waals surface area contributed by atoms with E-state index in [1.807, 2.05) is 31.2 Å². The molecule has 0 spiro atoms. The van der Waals surface area contributed by atoms with Gasteiger partial charge in [-0.3, -0.25) is 14.9 Å². The van der Waals surface area contributed by atoms with Crippen LogP contribution in [0, 0.1) is 10.1 Å². The van der Waals surface area contributed by atoms with Gasteiger partial charge in [0.2, 0.25) is 0 Å². The molecule has 158 valence electrons. The molecule has 0 radical (unpaired) electrons. The molecule has 2 heterocycles. The van der Waals surface area contributed by atoms with Gasteiger partial charge in [-0.2, -0.15) is 13.2 Å². The van der Waals surface area contributed by atoms with Gasteiger partial charge in [0, 0.05) is 36.3 Å². The summed E-state index contributed by atoms with van der Waals surface area (Å²) in [6, 6.07) is 11.6. The summed E-state index contributed by atoms with van der Waals surface area (Å²) in [4.78, 5) is 24.4.